The van der Waals surface area contributed by atoms with E-state index in [1.54, 1.807) is 48.5 Å². The molecule has 19 heavy (non-hydrogen) atoms. The van der Waals surface area contributed by atoms with Gasteiger partial charge >= 0.3 is 0 Å². The number of carbonyl (C=O) groups is 2. The second kappa shape index (κ2) is 5.67. The largest absolute Gasteiger partial charge is 0.322 e. The fourth-order valence-electron chi connectivity index (χ4n) is 1.65. The Morgan fingerprint density at radius 3 is 2.37 bits per heavy atom. The van der Waals surface area contributed by atoms with Crippen LogP contribution in [-0.2, 0) is 0 Å². The number of Topliss-reactive ketones (excluding diaryl/α,β-unsaturated/α-hetero) is 1. The van der Waals surface area contributed by atoms with Gasteiger partial charge in [0.15, 0.2) is 5.78 Å². The summed E-state index contributed by atoms with van der Waals surface area (Å²) in [6.45, 7) is 1.48. The van der Waals surface area contributed by atoms with E-state index < -0.39 is 0 Å². The third kappa shape index (κ3) is 3.42. The first kappa shape index (κ1) is 13.3. The summed E-state index contributed by atoms with van der Waals surface area (Å²) >= 11 is 5.83. The Labute approximate surface area is 116 Å². The monoisotopic (exact) mass is 273 g/mol. The summed E-state index contributed by atoms with van der Waals surface area (Å²) in [4.78, 5) is 23.3. The lowest BCUT2D eigenvalue weighted by molar-refractivity contribution is 0.101. The maximum atomic E-state index is 12.0. The van der Waals surface area contributed by atoms with Gasteiger partial charge in [0.2, 0.25) is 0 Å². The molecule has 0 heterocycles. The van der Waals surface area contributed by atoms with Crippen molar-refractivity contribution >= 4 is 29.0 Å². The van der Waals surface area contributed by atoms with Crippen LogP contribution in [0.15, 0.2) is 48.5 Å². The summed E-state index contributed by atoms with van der Waals surface area (Å²) in [5, 5.41) is 3.24. The highest BCUT2D eigenvalue weighted by molar-refractivity contribution is 6.31. The van der Waals surface area contributed by atoms with Crippen molar-refractivity contribution in [2.45, 2.75) is 6.92 Å². The van der Waals surface area contributed by atoms with Crippen LogP contribution >= 0.6 is 11.6 Å². The SMILES string of the molecule is CC(=O)c1cccc(NC(=O)c2cccc(Cl)c2)c1. The van der Waals surface area contributed by atoms with Crippen molar-refractivity contribution in [1.29, 1.82) is 0 Å². The van der Waals surface area contributed by atoms with Crippen LogP contribution in [0.1, 0.15) is 27.6 Å². The third-order valence-electron chi connectivity index (χ3n) is 2.61. The highest BCUT2D eigenvalue weighted by Gasteiger charge is 2.07. The van der Waals surface area contributed by atoms with Crippen molar-refractivity contribution in [3.05, 3.63) is 64.7 Å². The Morgan fingerprint density at radius 2 is 1.68 bits per heavy atom. The third-order valence-corrected chi connectivity index (χ3v) is 2.85. The van der Waals surface area contributed by atoms with Gasteiger partial charge in [-0.2, -0.15) is 0 Å². The summed E-state index contributed by atoms with van der Waals surface area (Å²) in [6.07, 6.45) is 0. The van der Waals surface area contributed by atoms with E-state index in [1.807, 2.05) is 0 Å². The van der Waals surface area contributed by atoms with E-state index in [1.165, 1.54) is 6.92 Å². The number of anilines is 1. The topological polar surface area (TPSA) is 46.2 Å². The number of halogens is 1. The number of ketones is 1. The Hall–Kier alpha value is -2.13. The first-order valence-corrected chi connectivity index (χ1v) is 6.12. The van der Waals surface area contributed by atoms with Crippen LogP contribution in [-0.4, -0.2) is 11.7 Å². The molecule has 2 rings (SSSR count). The van der Waals surface area contributed by atoms with Crippen molar-refractivity contribution in [1.82, 2.24) is 0 Å². The Balaban J connectivity index is 2.19. The van der Waals surface area contributed by atoms with E-state index in [-0.39, 0.29) is 11.7 Å². The van der Waals surface area contributed by atoms with Gasteiger partial charge in [-0.05, 0) is 37.3 Å². The van der Waals surface area contributed by atoms with Gasteiger partial charge in [0.25, 0.3) is 5.91 Å². The average Bonchev–Trinajstić information content (AvgIpc) is 2.39. The average molecular weight is 274 g/mol. The minimum atomic E-state index is -0.261. The fourth-order valence-corrected chi connectivity index (χ4v) is 1.84. The fraction of sp³-hybridized carbons (Fsp3) is 0.0667. The predicted molar refractivity (Wildman–Crippen MR) is 75.9 cm³/mol. The lowest BCUT2D eigenvalue weighted by Gasteiger charge is -2.06. The van der Waals surface area contributed by atoms with Crippen molar-refractivity contribution in [2.24, 2.45) is 0 Å². The van der Waals surface area contributed by atoms with Gasteiger partial charge in [-0.25, -0.2) is 0 Å². The molecule has 0 aliphatic heterocycles. The lowest BCUT2D eigenvalue weighted by atomic mass is 10.1. The van der Waals surface area contributed by atoms with Crippen LogP contribution in [0.25, 0.3) is 0 Å². The van der Waals surface area contributed by atoms with Crippen molar-refractivity contribution in [3.63, 3.8) is 0 Å². The molecule has 0 saturated carbocycles. The number of amides is 1. The number of benzene rings is 2. The van der Waals surface area contributed by atoms with Crippen LogP contribution in [0.3, 0.4) is 0 Å². The zero-order chi connectivity index (χ0) is 13.8. The zero-order valence-corrected chi connectivity index (χ0v) is 11.1. The van der Waals surface area contributed by atoms with Crippen LogP contribution in [0, 0.1) is 0 Å². The Morgan fingerprint density at radius 1 is 1.00 bits per heavy atom. The first-order valence-electron chi connectivity index (χ1n) is 5.74. The van der Waals surface area contributed by atoms with Gasteiger partial charge < -0.3 is 5.32 Å². The summed E-state index contributed by atoms with van der Waals surface area (Å²) < 4.78 is 0. The molecule has 2 aromatic rings. The van der Waals surface area contributed by atoms with Crippen LogP contribution in [0.5, 0.6) is 0 Å². The molecule has 0 fully saturated rings. The quantitative estimate of drug-likeness (QED) is 0.865. The molecule has 96 valence electrons. The standard InChI is InChI=1S/C15H12ClNO2/c1-10(18)11-4-3-7-14(9-11)17-15(19)12-5-2-6-13(16)8-12/h2-9H,1H3,(H,17,19). The van der Waals surface area contributed by atoms with Crippen LogP contribution in [0.4, 0.5) is 5.69 Å². The zero-order valence-electron chi connectivity index (χ0n) is 10.3. The Bertz CT molecular complexity index is 638. The summed E-state index contributed by atoms with van der Waals surface area (Å²) in [6, 6.07) is 13.5. The van der Waals surface area contributed by atoms with Crippen LogP contribution in [0.2, 0.25) is 5.02 Å². The second-order valence-electron chi connectivity index (χ2n) is 4.10. The molecule has 0 radical (unpaired) electrons. The van der Waals surface area contributed by atoms with Gasteiger partial charge in [-0.15, -0.1) is 0 Å². The van der Waals surface area contributed by atoms with E-state index in [9.17, 15) is 9.59 Å². The van der Waals surface area contributed by atoms with E-state index in [0.29, 0.717) is 21.8 Å². The summed E-state index contributed by atoms with van der Waals surface area (Å²) in [5.74, 6) is -0.304. The van der Waals surface area contributed by atoms with Crippen molar-refractivity contribution in [3.8, 4) is 0 Å². The molecule has 2 aromatic carbocycles. The number of rotatable bonds is 3. The molecule has 0 aliphatic rings. The molecule has 0 saturated heterocycles. The molecule has 3 nitrogen and oxygen atoms in total. The van der Waals surface area contributed by atoms with Gasteiger partial charge in [-0.3, -0.25) is 9.59 Å². The van der Waals surface area contributed by atoms with Crippen molar-refractivity contribution < 1.29 is 9.59 Å². The molecule has 4 heteroatoms. The number of nitrogens with one attached hydrogen (secondary N) is 1. The summed E-state index contributed by atoms with van der Waals surface area (Å²) in [7, 11) is 0. The number of hydrogen-bond acceptors (Lipinski definition) is 2. The van der Waals surface area contributed by atoms with E-state index in [2.05, 4.69) is 5.32 Å². The number of hydrogen-bond donors (Lipinski definition) is 1. The minimum absolute atomic E-state index is 0.0427. The van der Waals surface area contributed by atoms with Crippen LogP contribution < -0.4 is 5.32 Å². The molecule has 0 aromatic heterocycles. The summed E-state index contributed by atoms with van der Waals surface area (Å²) in [5.41, 5.74) is 1.61. The van der Waals surface area contributed by atoms with Gasteiger partial charge in [0.05, 0.1) is 0 Å². The maximum Gasteiger partial charge on any atom is 0.255 e. The molecule has 1 amide bonds. The number of carbonyl (C=O) groups excluding carboxylic acids is 2. The van der Waals surface area contributed by atoms with Crippen molar-refractivity contribution in [2.75, 3.05) is 5.32 Å². The molecule has 0 atom stereocenters. The highest BCUT2D eigenvalue weighted by atomic mass is 35.5. The molecule has 1 N–H and O–H groups in total. The van der Waals surface area contributed by atoms with E-state index in [0.717, 1.165) is 0 Å². The Kier molecular flexibility index (Phi) is 3.97. The molecule has 0 aliphatic carbocycles. The molecule has 0 spiro atoms. The molecule has 0 bridgehead atoms. The smallest absolute Gasteiger partial charge is 0.255 e. The van der Waals surface area contributed by atoms with Gasteiger partial charge in [0.1, 0.15) is 0 Å². The normalized spacial score (nSPS) is 10.0. The van der Waals surface area contributed by atoms with E-state index in [4.69, 9.17) is 11.6 Å². The lowest BCUT2D eigenvalue weighted by Crippen LogP contribution is -2.12. The molecular weight excluding hydrogens is 262 g/mol. The molecular formula is C15H12ClNO2. The van der Waals surface area contributed by atoms with Gasteiger partial charge in [0, 0.05) is 21.8 Å². The van der Waals surface area contributed by atoms with Gasteiger partial charge in [-0.1, -0.05) is 29.8 Å². The van der Waals surface area contributed by atoms with E-state index >= 15 is 0 Å². The maximum absolute atomic E-state index is 12.0. The predicted octanol–water partition coefficient (Wildman–Crippen LogP) is 3.79. The molecule has 0 unspecified atom stereocenters. The second-order valence-corrected chi connectivity index (χ2v) is 4.54. The minimum Gasteiger partial charge on any atom is -0.322 e. The highest BCUT2D eigenvalue weighted by Crippen LogP contribution is 2.15. The first-order chi connectivity index (χ1) is 9.06.